The Morgan fingerprint density at radius 3 is 2.94 bits per heavy atom. The second-order valence-corrected chi connectivity index (χ2v) is 3.63. The third-order valence-corrected chi connectivity index (χ3v) is 2.38. The molecule has 0 radical (unpaired) electrons. The predicted molar refractivity (Wildman–Crippen MR) is 57.1 cm³/mol. The van der Waals surface area contributed by atoms with Gasteiger partial charge in [0.1, 0.15) is 5.82 Å². The van der Waals surface area contributed by atoms with E-state index in [-0.39, 0.29) is 11.6 Å². The van der Waals surface area contributed by atoms with Crippen LogP contribution in [0.25, 0.3) is 5.69 Å². The second-order valence-electron chi connectivity index (χ2n) is 3.23. The van der Waals surface area contributed by atoms with Crippen LogP contribution >= 0.6 is 11.6 Å². The zero-order chi connectivity index (χ0) is 11.5. The maximum atomic E-state index is 13.2. The van der Waals surface area contributed by atoms with Gasteiger partial charge < -0.3 is 5.11 Å². The lowest BCUT2D eigenvalue weighted by Crippen LogP contribution is -1.95. The van der Waals surface area contributed by atoms with Gasteiger partial charge in [-0.1, -0.05) is 16.8 Å². The van der Waals surface area contributed by atoms with Crippen LogP contribution < -0.4 is 0 Å². The monoisotopic (exact) mass is 241 g/mol. The largest absolute Gasteiger partial charge is 0.396 e. The number of aliphatic hydroxyl groups is 1. The molecule has 1 heterocycles. The summed E-state index contributed by atoms with van der Waals surface area (Å²) in [5.74, 6) is -0.502. The van der Waals surface area contributed by atoms with Crippen molar-refractivity contribution in [3.05, 3.63) is 40.9 Å². The van der Waals surface area contributed by atoms with E-state index in [2.05, 4.69) is 10.3 Å². The molecule has 1 aromatic carbocycles. The molecule has 0 spiro atoms. The van der Waals surface area contributed by atoms with Gasteiger partial charge >= 0.3 is 0 Å². The first-order chi connectivity index (χ1) is 7.70. The van der Waals surface area contributed by atoms with Crippen LogP contribution in [0.3, 0.4) is 0 Å². The van der Waals surface area contributed by atoms with Crippen molar-refractivity contribution in [2.24, 2.45) is 0 Å². The molecule has 1 aromatic heterocycles. The summed E-state index contributed by atoms with van der Waals surface area (Å²) in [6, 6.07) is 4.38. The molecule has 0 saturated carbocycles. The van der Waals surface area contributed by atoms with E-state index < -0.39 is 5.82 Å². The molecule has 0 aliphatic heterocycles. The van der Waals surface area contributed by atoms with Gasteiger partial charge in [0.25, 0.3) is 0 Å². The van der Waals surface area contributed by atoms with Crippen LogP contribution in [0.15, 0.2) is 24.4 Å². The fraction of sp³-hybridized carbons (Fsp3) is 0.200. The number of rotatable bonds is 3. The van der Waals surface area contributed by atoms with E-state index in [0.29, 0.717) is 17.8 Å². The highest BCUT2D eigenvalue weighted by Gasteiger charge is 2.05. The Hall–Kier alpha value is -1.46. The first-order valence-corrected chi connectivity index (χ1v) is 5.06. The van der Waals surface area contributed by atoms with Crippen LogP contribution in [0.5, 0.6) is 0 Å². The van der Waals surface area contributed by atoms with Gasteiger partial charge in [-0.25, -0.2) is 9.07 Å². The topological polar surface area (TPSA) is 50.9 Å². The Labute approximate surface area is 96.3 Å². The van der Waals surface area contributed by atoms with Crippen molar-refractivity contribution in [1.29, 1.82) is 0 Å². The fourth-order valence-corrected chi connectivity index (χ4v) is 1.40. The van der Waals surface area contributed by atoms with Crippen LogP contribution in [0.1, 0.15) is 5.69 Å². The average molecular weight is 242 g/mol. The number of benzene rings is 1. The Kier molecular flexibility index (Phi) is 3.17. The zero-order valence-corrected chi connectivity index (χ0v) is 9.02. The smallest absolute Gasteiger partial charge is 0.143 e. The molecule has 16 heavy (non-hydrogen) atoms. The fourth-order valence-electron chi connectivity index (χ4n) is 1.28. The van der Waals surface area contributed by atoms with E-state index in [1.54, 1.807) is 12.3 Å². The summed E-state index contributed by atoms with van der Waals surface area (Å²) in [5.41, 5.74) is 1.19. The number of aromatic nitrogens is 3. The van der Waals surface area contributed by atoms with E-state index in [9.17, 15) is 4.39 Å². The van der Waals surface area contributed by atoms with Crippen molar-refractivity contribution in [3.63, 3.8) is 0 Å². The highest BCUT2D eigenvalue weighted by atomic mass is 35.5. The first-order valence-electron chi connectivity index (χ1n) is 4.68. The van der Waals surface area contributed by atoms with E-state index in [1.165, 1.54) is 16.8 Å². The van der Waals surface area contributed by atoms with Gasteiger partial charge in [-0.15, -0.1) is 5.10 Å². The SMILES string of the molecule is OCCc1cn(-c2ccc(Cl)c(F)c2)nn1. The lowest BCUT2D eigenvalue weighted by atomic mass is 10.3. The number of nitrogens with zero attached hydrogens (tertiary/aromatic N) is 3. The van der Waals surface area contributed by atoms with Crippen LogP contribution in [-0.4, -0.2) is 26.7 Å². The molecule has 0 aliphatic carbocycles. The summed E-state index contributed by atoms with van der Waals surface area (Å²) < 4.78 is 14.6. The molecule has 0 fully saturated rings. The second kappa shape index (κ2) is 4.59. The Balaban J connectivity index is 2.31. The standard InChI is InChI=1S/C10H9ClFN3O/c11-9-2-1-8(5-10(9)12)15-6-7(3-4-16)13-14-15/h1-2,5-6,16H,3-4H2. The molecule has 0 bridgehead atoms. The van der Waals surface area contributed by atoms with Crippen molar-refractivity contribution < 1.29 is 9.50 Å². The summed E-state index contributed by atoms with van der Waals surface area (Å²) in [5, 5.41) is 16.4. The number of hydrogen-bond donors (Lipinski definition) is 1. The molecule has 2 aromatic rings. The lowest BCUT2D eigenvalue weighted by Gasteiger charge is -2.00. The normalized spacial score (nSPS) is 10.7. The molecular formula is C10H9ClFN3O. The molecule has 2 rings (SSSR count). The predicted octanol–water partition coefficient (Wildman–Crippen LogP) is 1.59. The number of hydrogen-bond acceptors (Lipinski definition) is 3. The minimum Gasteiger partial charge on any atom is -0.396 e. The highest BCUT2D eigenvalue weighted by molar-refractivity contribution is 6.30. The summed E-state index contributed by atoms with van der Waals surface area (Å²) in [4.78, 5) is 0. The van der Waals surface area contributed by atoms with Crippen molar-refractivity contribution in [2.45, 2.75) is 6.42 Å². The van der Waals surface area contributed by atoms with Crippen molar-refractivity contribution in [1.82, 2.24) is 15.0 Å². The van der Waals surface area contributed by atoms with Gasteiger partial charge in [-0.3, -0.25) is 0 Å². The zero-order valence-electron chi connectivity index (χ0n) is 8.27. The van der Waals surface area contributed by atoms with Gasteiger partial charge in [0, 0.05) is 19.1 Å². The van der Waals surface area contributed by atoms with Gasteiger partial charge in [0.2, 0.25) is 0 Å². The van der Waals surface area contributed by atoms with Crippen LogP contribution in [-0.2, 0) is 6.42 Å². The third-order valence-electron chi connectivity index (χ3n) is 2.08. The summed E-state index contributed by atoms with van der Waals surface area (Å²) >= 11 is 5.57. The first kappa shape index (κ1) is 11.0. The molecule has 0 saturated heterocycles. The minimum atomic E-state index is -0.502. The van der Waals surface area contributed by atoms with Gasteiger partial charge in [0.15, 0.2) is 0 Å². The van der Waals surface area contributed by atoms with Crippen LogP contribution in [0, 0.1) is 5.82 Å². The van der Waals surface area contributed by atoms with Gasteiger partial charge in [-0.2, -0.15) is 0 Å². The minimum absolute atomic E-state index is 0.00761. The van der Waals surface area contributed by atoms with E-state index in [0.717, 1.165) is 0 Å². The van der Waals surface area contributed by atoms with E-state index in [4.69, 9.17) is 16.7 Å². The molecule has 6 heteroatoms. The summed E-state index contributed by atoms with van der Waals surface area (Å²) in [6.45, 7) is 0.00761. The molecular weight excluding hydrogens is 233 g/mol. The molecule has 0 unspecified atom stereocenters. The van der Waals surface area contributed by atoms with Crippen LogP contribution in [0.2, 0.25) is 5.02 Å². The van der Waals surface area contributed by atoms with Crippen molar-refractivity contribution >= 4 is 11.6 Å². The number of halogens is 2. The highest BCUT2D eigenvalue weighted by Crippen LogP contribution is 2.17. The summed E-state index contributed by atoms with van der Waals surface area (Å²) in [7, 11) is 0. The maximum absolute atomic E-state index is 13.2. The van der Waals surface area contributed by atoms with Crippen LogP contribution in [0.4, 0.5) is 4.39 Å². The average Bonchev–Trinajstić information content (AvgIpc) is 2.71. The van der Waals surface area contributed by atoms with E-state index in [1.807, 2.05) is 0 Å². The van der Waals surface area contributed by atoms with Gasteiger partial charge in [0.05, 0.1) is 22.6 Å². The quantitative estimate of drug-likeness (QED) is 0.888. The molecule has 0 amide bonds. The molecule has 1 N–H and O–H groups in total. The van der Waals surface area contributed by atoms with Gasteiger partial charge in [-0.05, 0) is 12.1 Å². The third kappa shape index (κ3) is 2.20. The molecule has 0 aliphatic rings. The van der Waals surface area contributed by atoms with Crippen molar-refractivity contribution in [3.8, 4) is 5.69 Å². The lowest BCUT2D eigenvalue weighted by molar-refractivity contribution is 0.298. The molecule has 84 valence electrons. The van der Waals surface area contributed by atoms with E-state index >= 15 is 0 Å². The Bertz CT molecular complexity index is 501. The molecule has 4 nitrogen and oxygen atoms in total. The summed E-state index contributed by atoms with van der Waals surface area (Å²) in [6.07, 6.45) is 2.06. The Morgan fingerprint density at radius 2 is 2.25 bits per heavy atom. The van der Waals surface area contributed by atoms with Crippen molar-refractivity contribution in [2.75, 3.05) is 6.61 Å². The maximum Gasteiger partial charge on any atom is 0.143 e. The Morgan fingerprint density at radius 1 is 1.44 bits per heavy atom. The number of aliphatic hydroxyl groups excluding tert-OH is 1. The molecule has 0 atom stereocenters.